The maximum absolute atomic E-state index is 12.3. The molecule has 1 atom stereocenters. The zero-order valence-electron chi connectivity index (χ0n) is 8.96. The van der Waals surface area contributed by atoms with E-state index in [-0.39, 0.29) is 5.97 Å². The molecule has 1 aromatic carbocycles. The summed E-state index contributed by atoms with van der Waals surface area (Å²) in [6.07, 6.45) is -2.97. The van der Waals surface area contributed by atoms with Crippen molar-refractivity contribution in [2.45, 2.75) is 24.9 Å². The third-order valence-corrected chi connectivity index (χ3v) is 2.81. The second kappa shape index (κ2) is 4.39. The molecule has 0 radical (unpaired) electrons. The molecular formula is C12H11F3O2. The summed E-state index contributed by atoms with van der Waals surface area (Å²) in [6, 6.07) is 4.69. The largest absolute Gasteiger partial charge is 0.465 e. The fraction of sp³-hybridized carbons (Fsp3) is 0.417. The summed E-state index contributed by atoms with van der Waals surface area (Å²) in [5, 5.41) is 0. The molecule has 1 aromatic rings. The maximum Gasteiger partial charge on any atom is 0.416 e. The first-order valence-electron chi connectivity index (χ1n) is 5.32. The molecule has 0 aliphatic carbocycles. The monoisotopic (exact) mass is 244 g/mol. The van der Waals surface area contributed by atoms with Crippen molar-refractivity contribution >= 4 is 5.97 Å². The number of ether oxygens (including phenoxy) is 1. The van der Waals surface area contributed by atoms with Crippen LogP contribution in [0.4, 0.5) is 13.2 Å². The van der Waals surface area contributed by atoms with Crippen molar-refractivity contribution in [3.63, 3.8) is 0 Å². The van der Waals surface area contributed by atoms with E-state index in [0.717, 1.165) is 18.6 Å². The predicted molar refractivity (Wildman–Crippen MR) is 54.4 cm³/mol. The van der Waals surface area contributed by atoms with Crippen molar-refractivity contribution < 1.29 is 22.7 Å². The molecule has 2 nitrogen and oxygen atoms in total. The van der Waals surface area contributed by atoms with Crippen molar-refractivity contribution in [3.05, 3.63) is 35.4 Å². The topological polar surface area (TPSA) is 26.3 Å². The number of hydrogen-bond acceptors (Lipinski definition) is 2. The SMILES string of the molecule is O=C1OCCC[C@H]1c1ccc(C(F)(F)F)cc1. The molecule has 0 amide bonds. The van der Waals surface area contributed by atoms with Gasteiger partial charge in [0.05, 0.1) is 18.1 Å². The summed E-state index contributed by atoms with van der Waals surface area (Å²) >= 11 is 0. The number of esters is 1. The molecule has 0 saturated carbocycles. The van der Waals surface area contributed by atoms with E-state index in [2.05, 4.69) is 0 Å². The van der Waals surface area contributed by atoms with E-state index in [4.69, 9.17) is 4.74 Å². The van der Waals surface area contributed by atoms with E-state index in [1.54, 1.807) is 0 Å². The third-order valence-electron chi connectivity index (χ3n) is 2.81. The van der Waals surface area contributed by atoms with E-state index >= 15 is 0 Å². The van der Waals surface area contributed by atoms with E-state index in [9.17, 15) is 18.0 Å². The number of halogens is 3. The Morgan fingerprint density at radius 2 is 1.82 bits per heavy atom. The maximum atomic E-state index is 12.3. The second-order valence-corrected chi connectivity index (χ2v) is 3.98. The van der Waals surface area contributed by atoms with Crippen LogP contribution in [0.1, 0.15) is 29.9 Å². The second-order valence-electron chi connectivity index (χ2n) is 3.98. The first-order valence-corrected chi connectivity index (χ1v) is 5.32. The van der Waals surface area contributed by atoms with Gasteiger partial charge in [0.1, 0.15) is 0 Å². The Morgan fingerprint density at radius 1 is 1.18 bits per heavy atom. The van der Waals surface area contributed by atoms with Crippen LogP contribution in [0.25, 0.3) is 0 Å². The number of rotatable bonds is 1. The van der Waals surface area contributed by atoms with Crippen LogP contribution in [0.2, 0.25) is 0 Å². The fourth-order valence-electron chi connectivity index (χ4n) is 1.89. The first kappa shape index (κ1) is 12.0. The minimum absolute atomic E-state index is 0.351. The van der Waals surface area contributed by atoms with Gasteiger partial charge in [0.2, 0.25) is 0 Å². The van der Waals surface area contributed by atoms with Gasteiger partial charge in [-0.25, -0.2) is 0 Å². The summed E-state index contributed by atoms with van der Waals surface area (Å²) in [6.45, 7) is 0.399. The molecule has 1 saturated heterocycles. The highest BCUT2D eigenvalue weighted by atomic mass is 19.4. The van der Waals surface area contributed by atoms with Crippen LogP contribution >= 0.6 is 0 Å². The van der Waals surface area contributed by atoms with Gasteiger partial charge in [-0.1, -0.05) is 12.1 Å². The Balaban J connectivity index is 2.20. The van der Waals surface area contributed by atoms with Gasteiger partial charge in [-0.05, 0) is 30.5 Å². The quantitative estimate of drug-likeness (QED) is 0.709. The molecule has 0 aromatic heterocycles. The standard InChI is InChI=1S/C12H11F3O2/c13-12(14,15)9-5-3-8(4-6-9)10-2-1-7-17-11(10)16/h3-6,10H,1-2,7H2/t10-/m0/s1. The first-order chi connectivity index (χ1) is 7.98. The van der Waals surface area contributed by atoms with Gasteiger partial charge in [0.25, 0.3) is 0 Å². The summed E-state index contributed by atoms with van der Waals surface area (Å²) in [4.78, 5) is 11.4. The van der Waals surface area contributed by atoms with Crippen LogP contribution in [0.3, 0.4) is 0 Å². The lowest BCUT2D eigenvalue weighted by Crippen LogP contribution is -2.22. The molecule has 0 unspecified atom stereocenters. The highest BCUT2D eigenvalue weighted by Crippen LogP contribution is 2.32. The van der Waals surface area contributed by atoms with Gasteiger partial charge in [-0.15, -0.1) is 0 Å². The molecule has 1 aliphatic heterocycles. The third kappa shape index (κ3) is 2.60. The van der Waals surface area contributed by atoms with Crippen molar-refractivity contribution in [2.75, 3.05) is 6.61 Å². The summed E-state index contributed by atoms with van der Waals surface area (Å²) < 4.78 is 41.9. The van der Waals surface area contributed by atoms with Gasteiger partial charge in [-0.3, -0.25) is 4.79 Å². The molecule has 2 rings (SSSR count). The van der Waals surface area contributed by atoms with Gasteiger partial charge >= 0.3 is 12.1 Å². The number of alkyl halides is 3. The molecule has 92 valence electrons. The summed E-state index contributed by atoms with van der Waals surface area (Å²) in [5.74, 6) is -0.776. The van der Waals surface area contributed by atoms with E-state index in [0.29, 0.717) is 18.6 Å². The zero-order valence-corrected chi connectivity index (χ0v) is 8.96. The van der Waals surface area contributed by atoms with Gasteiger partial charge in [0, 0.05) is 0 Å². The smallest absolute Gasteiger partial charge is 0.416 e. The summed E-state index contributed by atoms with van der Waals surface area (Å²) in [7, 11) is 0. The molecule has 0 N–H and O–H groups in total. The highest BCUT2D eigenvalue weighted by Gasteiger charge is 2.31. The zero-order chi connectivity index (χ0) is 12.5. The van der Waals surface area contributed by atoms with E-state index in [1.807, 2.05) is 0 Å². The van der Waals surface area contributed by atoms with Crippen molar-refractivity contribution in [1.29, 1.82) is 0 Å². The average Bonchev–Trinajstić information content (AvgIpc) is 2.29. The fourth-order valence-corrected chi connectivity index (χ4v) is 1.89. The van der Waals surface area contributed by atoms with E-state index < -0.39 is 17.7 Å². The number of hydrogen-bond donors (Lipinski definition) is 0. The molecule has 5 heteroatoms. The molecule has 17 heavy (non-hydrogen) atoms. The molecule has 0 bridgehead atoms. The number of carbonyl (C=O) groups is 1. The van der Waals surface area contributed by atoms with Gasteiger partial charge in [0.15, 0.2) is 0 Å². The number of cyclic esters (lactones) is 1. The molecule has 0 spiro atoms. The Kier molecular flexibility index (Phi) is 3.09. The normalized spacial score (nSPS) is 21.1. The van der Waals surface area contributed by atoms with Gasteiger partial charge in [-0.2, -0.15) is 13.2 Å². The van der Waals surface area contributed by atoms with Crippen molar-refractivity contribution in [2.24, 2.45) is 0 Å². The van der Waals surface area contributed by atoms with Crippen molar-refractivity contribution in [1.82, 2.24) is 0 Å². The van der Waals surface area contributed by atoms with Crippen LogP contribution in [-0.2, 0) is 15.7 Å². The lowest BCUT2D eigenvalue weighted by atomic mass is 9.92. The Labute approximate surface area is 96.4 Å². The van der Waals surface area contributed by atoms with Crippen LogP contribution in [-0.4, -0.2) is 12.6 Å². The van der Waals surface area contributed by atoms with Gasteiger partial charge < -0.3 is 4.74 Å². The minimum atomic E-state index is -4.34. The van der Waals surface area contributed by atoms with Crippen LogP contribution in [0.5, 0.6) is 0 Å². The summed E-state index contributed by atoms with van der Waals surface area (Å²) in [5.41, 5.74) is -0.117. The molecule has 1 aliphatic rings. The Morgan fingerprint density at radius 3 is 2.35 bits per heavy atom. The van der Waals surface area contributed by atoms with E-state index in [1.165, 1.54) is 12.1 Å². The Bertz CT molecular complexity index is 409. The molecular weight excluding hydrogens is 233 g/mol. The van der Waals surface area contributed by atoms with Crippen LogP contribution < -0.4 is 0 Å². The van der Waals surface area contributed by atoms with Crippen LogP contribution in [0, 0.1) is 0 Å². The van der Waals surface area contributed by atoms with Crippen LogP contribution in [0.15, 0.2) is 24.3 Å². The molecule has 1 fully saturated rings. The number of benzene rings is 1. The average molecular weight is 244 g/mol. The highest BCUT2D eigenvalue weighted by molar-refractivity contribution is 5.78. The lowest BCUT2D eigenvalue weighted by Gasteiger charge is -2.21. The predicted octanol–water partition coefficient (Wildman–Crippen LogP) is 3.13. The minimum Gasteiger partial charge on any atom is -0.465 e. The lowest BCUT2D eigenvalue weighted by molar-refractivity contribution is -0.149. The molecule has 1 heterocycles. The Hall–Kier alpha value is -1.52. The van der Waals surface area contributed by atoms with Crippen molar-refractivity contribution in [3.8, 4) is 0 Å². The number of carbonyl (C=O) groups excluding carboxylic acids is 1.